The van der Waals surface area contributed by atoms with Crippen molar-refractivity contribution in [2.24, 2.45) is 17.8 Å². The normalized spacial score (nSPS) is 30.3. The second-order valence-corrected chi connectivity index (χ2v) is 3.91. The van der Waals surface area contributed by atoms with Crippen LogP contribution in [0, 0.1) is 17.8 Å². The summed E-state index contributed by atoms with van der Waals surface area (Å²) in [5.74, 6) is -3.26. The highest BCUT2D eigenvalue weighted by atomic mass is 27.0. The molecule has 0 saturated heterocycles. The number of hydrogen-bond acceptors (Lipinski definition) is 2. The van der Waals surface area contributed by atoms with E-state index in [1.807, 2.05) is 6.92 Å². The number of rotatable bonds is 3. The van der Waals surface area contributed by atoms with Gasteiger partial charge in [-0.15, -0.1) is 0 Å². The van der Waals surface area contributed by atoms with Crippen molar-refractivity contribution in [3.05, 3.63) is 0 Å². The highest BCUT2D eigenvalue weighted by molar-refractivity contribution is 5.80. The average Bonchev–Trinajstić information content (AvgIpc) is 2.16. The molecule has 0 spiro atoms. The third-order valence-corrected chi connectivity index (χ3v) is 3.16. The molecule has 0 bridgehead atoms. The summed E-state index contributed by atoms with van der Waals surface area (Å²) in [5.41, 5.74) is 0. The second kappa shape index (κ2) is 6.14. The predicted octanol–water partition coefficient (Wildman–Crippen LogP) is 0.414. The van der Waals surface area contributed by atoms with Gasteiger partial charge < -0.3 is 10.2 Å². The Kier molecular flexibility index (Phi) is 5.93. The van der Waals surface area contributed by atoms with E-state index in [0.717, 1.165) is 19.3 Å². The van der Waals surface area contributed by atoms with Crippen LogP contribution in [0.5, 0.6) is 0 Å². The highest BCUT2D eigenvalue weighted by Gasteiger charge is 2.41. The lowest BCUT2D eigenvalue weighted by molar-refractivity contribution is -0.158. The number of aliphatic carboxylic acids is 2. The van der Waals surface area contributed by atoms with Gasteiger partial charge in [0.15, 0.2) is 17.4 Å². The van der Waals surface area contributed by atoms with Crippen molar-refractivity contribution >= 4 is 29.3 Å². The van der Waals surface area contributed by atoms with Crippen molar-refractivity contribution in [2.75, 3.05) is 0 Å². The van der Waals surface area contributed by atoms with Crippen molar-refractivity contribution in [3.8, 4) is 0 Å². The zero-order valence-electron chi connectivity index (χ0n) is 8.27. The Labute approximate surface area is 99.8 Å². The molecule has 0 heterocycles. The van der Waals surface area contributed by atoms with E-state index in [9.17, 15) is 9.59 Å². The van der Waals surface area contributed by atoms with Gasteiger partial charge in [0.25, 0.3) is 0 Å². The molecule has 86 valence electrons. The molecule has 4 nitrogen and oxygen atoms in total. The molecule has 3 unspecified atom stereocenters. The van der Waals surface area contributed by atoms with Crippen molar-refractivity contribution in [3.63, 3.8) is 0 Å². The Bertz CT molecular complexity index is 242. The summed E-state index contributed by atoms with van der Waals surface area (Å²) in [6.45, 7) is 1.92. The molecule has 1 aliphatic carbocycles. The van der Waals surface area contributed by atoms with Crippen molar-refractivity contribution < 1.29 is 19.8 Å². The zero-order chi connectivity index (χ0) is 10.7. The quantitative estimate of drug-likeness (QED) is 0.689. The summed E-state index contributed by atoms with van der Waals surface area (Å²) in [6.07, 6.45) is 2.93. The molecule has 2 N–H and O–H groups in total. The largest absolute Gasteiger partial charge is 0.481 e. The minimum atomic E-state index is -0.962. The van der Waals surface area contributed by atoms with E-state index in [2.05, 4.69) is 0 Å². The van der Waals surface area contributed by atoms with E-state index in [1.54, 1.807) is 0 Å². The maximum atomic E-state index is 11.0. The lowest BCUT2D eigenvalue weighted by Gasteiger charge is -2.32. The number of carbonyl (C=O) groups is 2. The summed E-state index contributed by atoms with van der Waals surface area (Å²) in [6, 6.07) is 0. The van der Waals surface area contributed by atoms with E-state index in [1.165, 1.54) is 0 Å². The van der Waals surface area contributed by atoms with Crippen molar-refractivity contribution in [1.82, 2.24) is 0 Å². The Hall–Kier alpha value is -0.528. The molecule has 0 aromatic carbocycles. The fourth-order valence-corrected chi connectivity index (χ4v) is 2.40. The molecule has 0 aliphatic heterocycles. The molecule has 0 radical (unpaired) electrons. The summed E-state index contributed by atoms with van der Waals surface area (Å²) in [7, 11) is 0. The van der Waals surface area contributed by atoms with E-state index < -0.39 is 23.8 Å². The van der Waals surface area contributed by atoms with E-state index in [0.29, 0.717) is 6.42 Å². The monoisotopic (exact) mass is 230 g/mol. The van der Waals surface area contributed by atoms with Crippen LogP contribution in [0.1, 0.15) is 32.6 Å². The van der Waals surface area contributed by atoms with Crippen LogP contribution in [0.15, 0.2) is 0 Å². The first-order valence-electron chi connectivity index (χ1n) is 5.03. The summed E-state index contributed by atoms with van der Waals surface area (Å²) < 4.78 is 0. The van der Waals surface area contributed by atoms with Crippen LogP contribution in [0.25, 0.3) is 0 Å². The summed E-state index contributed by atoms with van der Waals surface area (Å²) in [4.78, 5) is 21.8. The Morgan fingerprint density at radius 3 is 2.20 bits per heavy atom. The van der Waals surface area contributed by atoms with Crippen molar-refractivity contribution in [1.29, 1.82) is 0 Å². The van der Waals surface area contributed by atoms with E-state index in [4.69, 9.17) is 10.2 Å². The maximum Gasteiger partial charge on any atom is 0.307 e. The van der Waals surface area contributed by atoms with Crippen LogP contribution >= 0.6 is 0 Å². The molecule has 1 fully saturated rings. The molecule has 0 amide bonds. The number of carboxylic acid groups (broad SMARTS) is 2. The Morgan fingerprint density at radius 1 is 1.20 bits per heavy atom. The van der Waals surface area contributed by atoms with Crippen LogP contribution in [0.3, 0.4) is 0 Å². The SMILES string of the molecule is CCC1CCCC(C(=O)O)C1C(=O)O.[AlH3]. The van der Waals surface area contributed by atoms with Gasteiger partial charge in [0.1, 0.15) is 0 Å². The van der Waals surface area contributed by atoms with Crippen LogP contribution < -0.4 is 0 Å². The second-order valence-electron chi connectivity index (χ2n) is 3.91. The van der Waals surface area contributed by atoms with Crippen LogP contribution in [0.2, 0.25) is 0 Å². The standard InChI is InChI=1S/C10H16O4.Al.3H/c1-2-6-4-3-5-7(9(11)12)8(6)10(13)14;;;;/h6-8H,2-5H2,1H3,(H,11,12)(H,13,14);;;;. The first kappa shape index (κ1) is 14.5. The Morgan fingerprint density at radius 2 is 1.80 bits per heavy atom. The van der Waals surface area contributed by atoms with Gasteiger partial charge in [0, 0.05) is 0 Å². The van der Waals surface area contributed by atoms with Gasteiger partial charge in [-0.2, -0.15) is 0 Å². The summed E-state index contributed by atoms with van der Waals surface area (Å²) in [5, 5.41) is 17.9. The molecule has 5 heteroatoms. The van der Waals surface area contributed by atoms with Gasteiger partial charge in [-0.1, -0.05) is 19.8 Å². The van der Waals surface area contributed by atoms with Gasteiger partial charge in [-0.05, 0) is 18.8 Å². The van der Waals surface area contributed by atoms with Crippen LogP contribution in [0.4, 0.5) is 0 Å². The fourth-order valence-electron chi connectivity index (χ4n) is 2.40. The lowest BCUT2D eigenvalue weighted by Crippen LogP contribution is -2.38. The van der Waals surface area contributed by atoms with Gasteiger partial charge in [-0.25, -0.2) is 0 Å². The van der Waals surface area contributed by atoms with Crippen LogP contribution in [-0.4, -0.2) is 39.5 Å². The predicted molar refractivity (Wildman–Crippen MR) is 59.8 cm³/mol. The molecule has 0 aromatic rings. The van der Waals surface area contributed by atoms with Gasteiger partial charge in [0.2, 0.25) is 0 Å². The van der Waals surface area contributed by atoms with E-state index >= 15 is 0 Å². The molecule has 15 heavy (non-hydrogen) atoms. The number of hydrogen-bond donors (Lipinski definition) is 2. The fraction of sp³-hybridized carbons (Fsp3) is 0.800. The molecule has 3 atom stereocenters. The number of carboxylic acids is 2. The van der Waals surface area contributed by atoms with Gasteiger partial charge in [0.05, 0.1) is 11.8 Å². The van der Waals surface area contributed by atoms with E-state index in [-0.39, 0.29) is 23.3 Å². The third-order valence-electron chi connectivity index (χ3n) is 3.16. The third kappa shape index (κ3) is 3.22. The van der Waals surface area contributed by atoms with Gasteiger partial charge in [-0.3, -0.25) is 9.59 Å². The Balaban J connectivity index is 0.00000196. The topological polar surface area (TPSA) is 74.6 Å². The molecular formula is C10H19AlO4. The first-order chi connectivity index (χ1) is 6.57. The average molecular weight is 230 g/mol. The minimum Gasteiger partial charge on any atom is -0.481 e. The highest BCUT2D eigenvalue weighted by Crippen LogP contribution is 2.37. The summed E-state index contributed by atoms with van der Waals surface area (Å²) >= 11 is 0. The zero-order valence-corrected chi connectivity index (χ0v) is 8.27. The smallest absolute Gasteiger partial charge is 0.307 e. The molecule has 0 aromatic heterocycles. The van der Waals surface area contributed by atoms with Gasteiger partial charge >= 0.3 is 11.9 Å². The molecule has 1 aliphatic rings. The lowest BCUT2D eigenvalue weighted by atomic mass is 9.71. The molecule has 1 saturated carbocycles. The molecule has 1 rings (SSSR count). The minimum absolute atomic E-state index is 0. The molecular weight excluding hydrogens is 211 g/mol. The van der Waals surface area contributed by atoms with Crippen LogP contribution in [-0.2, 0) is 9.59 Å². The first-order valence-corrected chi connectivity index (χ1v) is 5.03. The maximum absolute atomic E-state index is 11.0. The van der Waals surface area contributed by atoms with Crippen molar-refractivity contribution in [2.45, 2.75) is 32.6 Å².